The van der Waals surface area contributed by atoms with E-state index < -0.39 is 14.5 Å². The number of imidazole rings is 2. The second-order valence-corrected chi connectivity index (χ2v) is 12.4. The van der Waals surface area contributed by atoms with Crippen LogP contribution < -0.4 is 0 Å². The third-order valence-electron chi connectivity index (χ3n) is 5.36. The second-order valence-electron chi connectivity index (χ2n) is 11.2. The van der Waals surface area contributed by atoms with Crippen LogP contribution in [0.5, 0.6) is 0 Å². The molecule has 0 amide bonds. The maximum atomic E-state index is 9.75. The number of rotatable bonds is 4. The number of aromatic nitrogens is 6. The molecule has 4 aromatic rings. The average molecular weight is 660 g/mol. The van der Waals surface area contributed by atoms with Crippen molar-refractivity contribution in [2.75, 3.05) is 0 Å². The molecular weight excluding hydrogens is 626 g/mol. The van der Waals surface area contributed by atoms with Gasteiger partial charge in [0.2, 0.25) is 0 Å². The van der Waals surface area contributed by atoms with Crippen LogP contribution in [0.2, 0.25) is 0 Å². The van der Waals surface area contributed by atoms with Crippen molar-refractivity contribution in [3.63, 3.8) is 0 Å². The maximum Gasteiger partial charge on any atom is 0.673 e. The molecule has 0 aliphatic carbocycles. The summed E-state index contributed by atoms with van der Waals surface area (Å²) >= 11 is 0.800. The molecule has 0 aromatic carbocycles. The van der Waals surface area contributed by atoms with Gasteiger partial charge in [0.05, 0.1) is 0 Å². The predicted molar refractivity (Wildman–Crippen MR) is 148 cm³/mol. The molecule has 0 saturated heterocycles. The Hall–Kier alpha value is -3.19. The van der Waals surface area contributed by atoms with Crippen molar-refractivity contribution in [1.29, 1.82) is 0 Å². The largest absolute Gasteiger partial charge is 0.673 e. The van der Waals surface area contributed by atoms with Gasteiger partial charge in [0.25, 0.3) is 0 Å². The van der Waals surface area contributed by atoms with Gasteiger partial charge in [-0.05, 0) is 0 Å². The molecule has 0 aliphatic rings. The van der Waals surface area contributed by atoms with Crippen LogP contribution in [0.3, 0.4) is 0 Å². The van der Waals surface area contributed by atoms with Crippen molar-refractivity contribution in [2.45, 2.75) is 65.7 Å². The Balaban J connectivity index is 0.000000559. The van der Waals surface area contributed by atoms with Crippen molar-refractivity contribution in [1.82, 2.24) is 28.2 Å². The Morgan fingerprint density at radius 2 is 0.907 bits per heavy atom. The third kappa shape index (κ3) is 13.3. The molecule has 0 aliphatic heterocycles. The van der Waals surface area contributed by atoms with E-state index in [2.05, 4.69) is 119 Å². The van der Waals surface area contributed by atoms with E-state index in [-0.39, 0.29) is 11.1 Å². The van der Waals surface area contributed by atoms with Crippen LogP contribution in [0, 0.1) is 8.65 Å². The van der Waals surface area contributed by atoms with Gasteiger partial charge in [0.1, 0.15) is 0 Å². The summed E-state index contributed by atoms with van der Waals surface area (Å²) < 4.78 is 90.0. The minimum Gasteiger partial charge on any atom is -0.418 e. The van der Waals surface area contributed by atoms with E-state index in [1.165, 1.54) is 8.65 Å². The molecule has 6 nitrogen and oxygen atoms in total. The van der Waals surface area contributed by atoms with Crippen LogP contribution in [0.4, 0.5) is 34.5 Å². The first-order valence-electron chi connectivity index (χ1n) is 13.0. The first-order valence-corrected chi connectivity index (χ1v) is 14.1. The van der Waals surface area contributed by atoms with Gasteiger partial charge in [-0.15, -0.1) is 0 Å². The standard InChI is InChI=1S/2C13H17N3.2BF4.Fe/c2*1-13(2,3)16-9-8-15(11-16)10-12-6-4-5-7-14-12;2*2-1(3,4)5;/h2*4-9H,10H2,1-3H3;;;/q;;2*-1;+2. The van der Waals surface area contributed by atoms with Crippen LogP contribution >= 0.6 is 0 Å². The molecule has 0 radical (unpaired) electrons. The number of hydrogen-bond acceptors (Lipinski definition) is 2. The minimum absolute atomic E-state index is 0.0321. The Morgan fingerprint density at radius 1 is 0.581 bits per heavy atom. The molecular formula is C26H34B2F8FeN6. The van der Waals surface area contributed by atoms with E-state index in [1.807, 2.05) is 24.5 Å². The van der Waals surface area contributed by atoms with Crippen molar-refractivity contribution < 1.29 is 48.6 Å². The minimum atomic E-state index is -6.00. The molecule has 4 heterocycles. The summed E-state index contributed by atoms with van der Waals surface area (Å²) in [5, 5.41) is 0. The van der Waals surface area contributed by atoms with Crippen molar-refractivity contribution in [2.24, 2.45) is 0 Å². The van der Waals surface area contributed by atoms with Crippen LogP contribution in [-0.2, 0) is 38.3 Å². The Morgan fingerprint density at radius 3 is 1.16 bits per heavy atom. The van der Waals surface area contributed by atoms with E-state index in [1.54, 1.807) is 0 Å². The Bertz CT molecular complexity index is 1450. The summed E-state index contributed by atoms with van der Waals surface area (Å²) in [6, 6.07) is 12.2. The average Bonchev–Trinajstić information content (AvgIpc) is 3.43. The molecule has 0 N–H and O–H groups in total. The van der Waals surface area contributed by atoms with Crippen molar-refractivity contribution in [3.05, 3.63) is 93.6 Å². The first kappa shape index (κ1) is 36.0. The second kappa shape index (κ2) is 14.5. The smallest absolute Gasteiger partial charge is 0.418 e. The Labute approximate surface area is 250 Å². The fourth-order valence-electron chi connectivity index (χ4n) is 3.62. The predicted octanol–water partition coefficient (Wildman–Crippen LogP) is 7.74. The van der Waals surface area contributed by atoms with Crippen molar-refractivity contribution in [3.8, 4) is 0 Å². The van der Waals surface area contributed by atoms with Crippen LogP contribution in [0.1, 0.15) is 52.9 Å². The number of hydrogen-bond donors (Lipinski definition) is 0. The van der Waals surface area contributed by atoms with Gasteiger partial charge in [0, 0.05) is 0 Å². The van der Waals surface area contributed by atoms with Gasteiger partial charge >= 0.3 is 216 Å². The summed E-state index contributed by atoms with van der Waals surface area (Å²) in [6.45, 7) is 15.0. The first-order chi connectivity index (χ1) is 19.6. The van der Waals surface area contributed by atoms with Crippen LogP contribution in [0.25, 0.3) is 0 Å². The van der Waals surface area contributed by atoms with Gasteiger partial charge in [0.15, 0.2) is 0 Å². The number of halogens is 8. The number of pyridine rings is 2. The summed E-state index contributed by atoms with van der Waals surface area (Å²) in [7, 11) is -12.0. The zero-order valence-corrected chi connectivity index (χ0v) is 25.7. The summed E-state index contributed by atoms with van der Waals surface area (Å²) in [6.07, 6.45) is 12.5. The molecule has 238 valence electrons. The zero-order chi connectivity index (χ0) is 32.6. The maximum absolute atomic E-state index is 9.75. The summed E-state index contributed by atoms with van der Waals surface area (Å²) in [5.74, 6) is 0. The molecule has 0 unspecified atom stereocenters. The molecule has 0 saturated carbocycles. The summed E-state index contributed by atoms with van der Waals surface area (Å²) in [4.78, 5) is 9.13. The van der Waals surface area contributed by atoms with Crippen LogP contribution in [0.15, 0.2) is 73.6 Å². The van der Waals surface area contributed by atoms with Gasteiger partial charge in [-0.25, -0.2) is 0 Å². The van der Waals surface area contributed by atoms with E-state index in [0.29, 0.717) is 0 Å². The zero-order valence-electron chi connectivity index (χ0n) is 24.6. The molecule has 0 spiro atoms. The molecule has 0 bridgehead atoms. The monoisotopic (exact) mass is 660 g/mol. The van der Waals surface area contributed by atoms with Gasteiger partial charge in [-0.3, -0.25) is 0 Å². The van der Waals surface area contributed by atoms with E-state index in [4.69, 9.17) is 0 Å². The van der Waals surface area contributed by atoms with E-state index in [9.17, 15) is 34.5 Å². The quantitative estimate of drug-likeness (QED) is 0.166. The summed E-state index contributed by atoms with van der Waals surface area (Å²) in [5.41, 5.74) is 2.05. The number of nitrogens with zero attached hydrogens (tertiary/aromatic N) is 6. The fraction of sp³-hybridized carbons (Fsp3) is 0.385. The SMILES string of the molecule is CC(C)(C)n1ccn(Cc2ccccn2)[c]1=[Fe+2]=[c]1n(Cc2ccccn2)ccn1C(C)(C)C.F[B-](F)(F)F.F[B-](F)(F)F. The normalized spacial score (nSPS) is 12.1. The van der Waals surface area contributed by atoms with Gasteiger partial charge < -0.3 is 34.5 Å². The molecule has 0 atom stereocenters. The van der Waals surface area contributed by atoms with Gasteiger partial charge in [-0.1, -0.05) is 0 Å². The van der Waals surface area contributed by atoms with Crippen molar-refractivity contribution >= 4 is 14.5 Å². The Kier molecular flexibility index (Phi) is 12.2. The fourth-order valence-corrected chi connectivity index (χ4v) is 5.66. The molecule has 0 fully saturated rings. The molecule has 43 heavy (non-hydrogen) atoms. The third-order valence-corrected chi connectivity index (χ3v) is 7.02. The van der Waals surface area contributed by atoms with Crippen LogP contribution in [-0.4, -0.2) is 42.7 Å². The topological polar surface area (TPSA) is 45.5 Å². The van der Waals surface area contributed by atoms with Gasteiger partial charge in [-0.2, -0.15) is 0 Å². The molecule has 17 heteroatoms. The van der Waals surface area contributed by atoms with E-state index in [0.717, 1.165) is 38.6 Å². The molecule has 4 rings (SSSR count). The molecule has 4 aromatic heterocycles. The van der Waals surface area contributed by atoms with E-state index >= 15 is 0 Å².